The highest BCUT2D eigenvalue weighted by Gasteiger charge is 2.14. The molecule has 0 aromatic carbocycles. The molecule has 2 heterocycles. The highest BCUT2D eigenvalue weighted by atomic mass is 15.1. The molecule has 1 N–H and O–H groups in total. The van der Waals surface area contributed by atoms with Crippen molar-refractivity contribution in [3.8, 4) is 0 Å². The van der Waals surface area contributed by atoms with E-state index < -0.39 is 0 Å². The van der Waals surface area contributed by atoms with Gasteiger partial charge in [0, 0.05) is 25.5 Å². The zero-order chi connectivity index (χ0) is 6.27. The van der Waals surface area contributed by atoms with Gasteiger partial charge in [0.25, 0.3) is 0 Å². The number of nitrogens with zero attached hydrogens (tertiary/aromatic N) is 1. The lowest BCUT2D eigenvalue weighted by molar-refractivity contribution is 0.352. The molecule has 2 rings (SSSR count). The fraction of sp³-hybridized carbons (Fsp3) is 0.429. The van der Waals surface area contributed by atoms with Crippen LogP contribution in [0.1, 0.15) is 11.1 Å². The molecule has 0 fully saturated rings. The first-order valence-electron chi connectivity index (χ1n) is 3.19. The van der Waals surface area contributed by atoms with Gasteiger partial charge in [0.1, 0.15) is 0 Å². The predicted molar refractivity (Wildman–Crippen MR) is 36.0 cm³/mol. The average molecular weight is 122 g/mol. The third kappa shape index (κ3) is 0.669. The summed E-state index contributed by atoms with van der Waals surface area (Å²) in [6, 6.07) is 0. The lowest BCUT2D eigenvalue weighted by Gasteiger charge is -2.03. The van der Waals surface area contributed by atoms with E-state index in [0.29, 0.717) is 0 Å². The quantitative estimate of drug-likeness (QED) is 0.543. The summed E-state index contributed by atoms with van der Waals surface area (Å²) >= 11 is 0. The molecular formula is C7H10N2. The SMILES string of the molecule is CN1Cc2c[nH]cc2C1. The third-order valence-corrected chi connectivity index (χ3v) is 1.81. The molecule has 0 saturated carbocycles. The molecule has 0 saturated heterocycles. The lowest BCUT2D eigenvalue weighted by atomic mass is 10.2. The molecule has 1 aromatic rings. The van der Waals surface area contributed by atoms with Crippen LogP contribution >= 0.6 is 0 Å². The van der Waals surface area contributed by atoms with Gasteiger partial charge in [-0.15, -0.1) is 0 Å². The second kappa shape index (κ2) is 1.61. The Labute approximate surface area is 54.5 Å². The lowest BCUT2D eigenvalue weighted by Crippen LogP contribution is -2.07. The summed E-state index contributed by atoms with van der Waals surface area (Å²) in [5.74, 6) is 0. The molecule has 1 aliphatic heterocycles. The number of aromatic amines is 1. The van der Waals surface area contributed by atoms with Crippen LogP contribution in [0.25, 0.3) is 0 Å². The maximum Gasteiger partial charge on any atom is 0.0252 e. The van der Waals surface area contributed by atoms with Crippen molar-refractivity contribution in [3.63, 3.8) is 0 Å². The largest absolute Gasteiger partial charge is 0.367 e. The molecule has 0 amide bonds. The first kappa shape index (κ1) is 5.06. The molecular weight excluding hydrogens is 112 g/mol. The minimum atomic E-state index is 1.11. The van der Waals surface area contributed by atoms with Crippen molar-refractivity contribution >= 4 is 0 Å². The van der Waals surface area contributed by atoms with Crippen LogP contribution in [0, 0.1) is 0 Å². The van der Waals surface area contributed by atoms with Gasteiger partial charge in [-0.3, -0.25) is 4.90 Å². The van der Waals surface area contributed by atoms with Gasteiger partial charge in [-0.05, 0) is 18.2 Å². The Balaban J connectivity index is 2.39. The van der Waals surface area contributed by atoms with Gasteiger partial charge in [-0.25, -0.2) is 0 Å². The van der Waals surface area contributed by atoms with Crippen molar-refractivity contribution in [3.05, 3.63) is 23.5 Å². The molecule has 0 atom stereocenters. The molecule has 48 valence electrons. The maximum atomic E-state index is 3.09. The van der Waals surface area contributed by atoms with Crippen molar-refractivity contribution in [2.75, 3.05) is 7.05 Å². The topological polar surface area (TPSA) is 19.0 Å². The maximum absolute atomic E-state index is 3.09. The van der Waals surface area contributed by atoms with E-state index in [4.69, 9.17) is 0 Å². The van der Waals surface area contributed by atoms with Crippen LogP contribution in [0.3, 0.4) is 0 Å². The van der Waals surface area contributed by atoms with E-state index in [-0.39, 0.29) is 0 Å². The van der Waals surface area contributed by atoms with E-state index in [2.05, 4.69) is 29.3 Å². The van der Waals surface area contributed by atoms with E-state index in [1.54, 1.807) is 0 Å². The highest BCUT2D eigenvalue weighted by molar-refractivity contribution is 5.26. The standard InChI is InChI=1S/C7H10N2/c1-9-4-6-2-8-3-7(6)5-9/h2-3,8H,4-5H2,1H3. The Hall–Kier alpha value is -0.760. The zero-order valence-corrected chi connectivity index (χ0v) is 5.52. The Morgan fingerprint density at radius 3 is 2.44 bits per heavy atom. The van der Waals surface area contributed by atoms with Crippen LogP contribution in [-0.4, -0.2) is 16.9 Å². The van der Waals surface area contributed by atoms with E-state index in [0.717, 1.165) is 13.1 Å². The molecule has 0 radical (unpaired) electrons. The van der Waals surface area contributed by atoms with Gasteiger partial charge >= 0.3 is 0 Å². The second-order valence-electron chi connectivity index (χ2n) is 2.68. The molecule has 1 aromatic heterocycles. The third-order valence-electron chi connectivity index (χ3n) is 1.81. The summed E-state index contributed by atoms with van der Waals surface area (Å²) in [4.78, 5) is 5.40. The number of aromatic nitrogens is 1. The fourth-order valence-electron chi connectivity index (χ4n) is 1.36. The monoisotopic (exact) mass is 122 g/mol. The van der Waals surface area contributed by atoms with Gasteiger partial charge < -0.3 is 4.98 Å². The molecule has 2 nitrogen and oxygen atoms in total. The van der Waals surface area contributed by atoms with Crippen LogP contribution in [0.2, 0.25) is 0 Å². The average Bonchev–Trinajstić information content (AvgIpc) is 2.22. The van der Waals surface area contributed by atoms with Crippen LogP contribution in [0.5, 0.6) is 0 Å². The van der Waals surface area contributed by atoms with Crippen LogP contribution in [-0.2, 0) is 13.1 Å². The number of nitrogens with one attached hydrogen (secondary N) is 1. The summed E-state index contributed by atoms with van der Waals surface area (Å²) in [6.45, 7) is 2.22. The Bertz CT molecular complexity index is 194. The van der Waals surface area contributed by atoms with Gasteiger partial charge in [0.15, 0.2) is 0 Å². The minimum Gasteiger partial charge on any atom is -0.367 e. The van der Waals surface area contributed by atoms with Crippen molar-refractivity contribution in [2.24, 2.45) is 0 Å². The summed E-state index contributed by atoms with van der Waals surface area (Å²) in [5, 5.41) is 0. The van der Waals surface area contributed by atoms with E-state index in [9.17, 15) is 0 Å². The summed E-state index contributed by atoms with van der Waals surface area (Å²) in [7, 11) is 2.14. The summed E-state index contributed by atoms with van der Waals surface area (Å²) < 4.78 is 0. The Morgan fingerprint density at radius 2 is 1.89 bits per heavy atom. The van der Waals surface area contributed by atoms with Crippen molar-refractivity contribution in [1.82, 2.24) is 9.88 Å². The molecule has 0 aliphatic carbocycles. The molecule has 1 aliphatic rings. The summed E-state index contributed by atoms with van der Waals surface area (Å²) in [5.41, 5.74) is 2.91. The van der Waals surface area contributed by atoms with Crippen LogP contribution < -0.4 is 0 Å². The first-order valence-corrected chi connectivity index (χ1v) is 3.19. The molecule has 0 unspecified atom stereocenters. The van der Waals surface area contributed by atoms with E-state index in [1.807, 2.05) is 0 Å². The Kier molecular flexibility index (Phi) is 0.904. The number of fused-ring (bicyclic) bond motifs is 1. The second-order valence-corrected chi connectivity index (χ2v) is 2.68. The van der Waals surface area contributed by atoms with Gasteiger partial charge in [-0.2, -0.15) is 0 Å². The van der Waals surface area contributed by atoms with Crippen LogP contribution in [0.4, 0.5) is 0 Å². The summed E-state index contributed by atoms with van der Waals surface area (Å²) in [6.07, 6.45) is 4.16. The highest BCUT2D eigenvalue weighted by Crippen LogP contribution is 2.19. The van der Waals surface area contributed by atoms with Crippen LogP contribution in [0.15, 0.2) is 12.4 Å². The molecule has 0 spiro atoms. The van der Waals surface area contributed by atoms with Crippen molar-refractivity contribution < 1.29 is 0 Å². The molecule has 9 heavy (non-hydrogen) atoms. The van der Waals surface area contributed by atoms with Crippen molar-refractivity contribution in [1.29, 1.82) is 0 Å². The first-order chi connectivity index (χ1) is 4.36. The van der Waals surface area contributed by atoms with Gasteiger partial charge in [0.2, 0.25) is 0 Å². The fourth-order valence-corrected chi connectivity index (χ4v) is 1.36. The molecule has 0 bridgehead atoms. The number of H-pyrrole nitrogens is 1. The number of hydrogen-bond donors (Lipinski definition) is 1. The van der Waals surface area contributed by atoms with E-state index in [1.165, 1.54) is 11.1 Å². The molecule has 2 heteroatoms. The number of rotatable bonds is 0. The predicted octanol–water partition coefficient (Wildman–Crippen LogP) is 0.960. The smallest absolute Gasteiger partial charge is 0.0252 e. The van der Waals surface area contributed by atoms with E-state index >= 15 is 0 Å². The van der Waals surface area contributed by atoms with Gasteiger partial charge in [-0.1, -0.05) is 0 Å². The normalized spacial score (nSPS) is 18.3. The number of hydrogen-bond acceptors (Lipinski definition) is 1. The zero-order valence-electron chi connectivity index (χ0n) is 5.52. The Morgan fingerprint density at radius 1 is 1.33 bits per heavy atom. The minimum absolute atomic E-state index is 1.11. The van der Waals surface area contributed by atoms with Gasteiger partial charge in [0.05, 0.1) is 0 Å². The van der Waals surface area contributed by atoms with Crippen molar-refractivity contribution in [2.45, 2.75) is 13.1 Å².